The van der Waals surface area contributed by atoms with E-state index in [-0.39, 0.29) is 11.2 Å². The molecule has 1 fully saturated rings. The van der Waals surface area contributed by atoms with Gasteiger partial charge in [0.25, 0.3) is 5.24 Å². The van der Waals surface area contributed by atoms with Crippen LogP contribution >= 0.6 is 11.8 Å². The van der Waals surface area contributed by atoms with Crippen LogP contribution in [0.25, 0.3) is 0 Å². The summed E-state index contributed by atoms with van der Waals surface area (Å²) in [5.41, 5.74) is 5.31. The third-order valence-electron chi connectivity index (χ3n) is 2.30. The molecular formula is C9H16N2O3S. The molecule has 1 saturated heterocycles. The van der Waals surface area contributed by atoms with Crippen molar-refractivity contribution in [2.45, 2.75) is 18.9 Å². The van der Waals surface area contributed by atoms with Gasteiger partial charge in [-0.15, -0.1) is 0 Å². The normalized spacial score (nSPS) is 20.4. The lowest BCUT2D eigenvalue weighted by Gasteiger charge is -2.21. The molecule has 0 bridgehead atoms. The van der Waals surface area contributed by atoms with Gasteiger partial charge in [0.1, 0.15) is 6.04 Å². The molecular weight excluding hydrogens is 216 g/mol. The number of amides is 1. The van der Waals surface area contributed by atoms with E-state index in [1.54, 1.807) is 4.90 Å². The third-order valence-corrected chi connectivity index (χ3v) is 3.23. The van der Waals surface area contributed by atoms with E-state index >= 15 is 0 Å². The summed E-state index contributed by atoms with van der Waals surface area (Å²) in [5, 5.41) is -0.0756. The lowest BCUT2D eigenvalue weighted by molar-refractivity contribution is -0.144. The number of hydrogen-bond donors (Lipinski definition) is 1. The smallest absolute Gasteiger partial charge is 0.328 e. The Morgan fingerprint density at radius 3 is 2.93 bits per heavy atom. The molecule has 1 heterocycles. The van der Waals surface area contributed by atoms with Crippen molar-refractivity contribution in [3.05, 3.63) is 0 Å². The van der Waals surface area contributed by atoms with Gasteiger partial charge in [-0.1, -0.05) is 11.8 Å². The number of ether oxygens (including phenoxy) is 1. The number of carbonyl (C=O) groups excluding carboxylic acids is 2. The second-order valence-corrected chi connectivity index (χ2v) is 4.32. The molecule has 86 valence electrons. The number of carbonyl (C=O) groups is 2. The van der Waals surface area contributed by atoms with Gasteiger partial charge in [0, 0.05) is 18.8 Å². The number of nitrogens with zero attached hydrogens (tertiary/aromatic N) is 1. The highest BCUT2D eigenvalue weighted by atomic mass is 32.2. The summed E-state index contributed by atoms with van der Waals surface area (Å²) in [5.74, 6) is 0.262. The highest BCUT2D eigenvalue weighted by Crippen LogP contribution is 2.22. The molecule has 15 heavy (non-hydrogen) atoms. The summed E-state index contributed by atoms with van der Waals surface area (Å²) in [4.78, 5) is 24.6. The maximum Gasteiger partial charge on any atom is 0.328 e. The van der Waals surface area contributed by atoms with Gasteiger partial charge >= 0.3 is 5.97 Å². The highest BCUT2D eigenvalue weighted by molar-refractivity contribution is 8.13. The fourth-order valence-electron chi connectivity index (χ4n) is 1.60. The third kappa shape index (κ3) is 3.10. The molecule has 0 aromatic carbocycles. The maximum atomic E-state index is 11.7. The van der Waals surface area contributed by atoms with Gasteiger partial charge in [0.15, 0.2) is 0 Å². The van der Waals surface area contributed by atoms with Gasteiger partial charge in [-0.2, -0.15) is 0 Å². The Hall–Kier alpha value is -0.750. The molecule has 0 aromatic rings. The highest BCUT2D eigenvalue weighted by Gasteiger charge is 2.34. The summed E-state index contributed by atoms with van der Waals surface area (Å²) >= 11 is 1.16. The first-order valence-electron chi connectivity index (χ1n) is 4.92. The van der Waals surface area contributed by atoms with Crippen molar-refractivity contribution in [2.75, 3.05) is 26.0 Å². The molecule has 2 N–H and O–H groups in total. The van der Waals surface area contributed by atoms with E-state index in [9.17, 15) is 9.59 Å². The van der Waals surface area contributed by atoms with Crippen LogP contribution in [0.3, 0.4) is 0 Å². The Balaban J connectivity index is 2.52. The number of rotatable bonds is 3. The van der Waals surface area contributed by atoms with Crippen molar-refractivity contribution in [3.8, 4) is 0 Å². The van der Waals surface area contributed by atoms with E-state index in [0.717, 1.165) is 18.2 Å². The van der Waals surface area contributed by atoms with Gasteiger partial charge in [0.05, 0.1) is 7.11 Å². The number of hydrogen-bond acceptors (Lipinski definition) is 5. The van der Waals surface area contributed by atoms with E-state index in [1.165, 1.54) is 7.11 Å². The Bertz CT molecular complexity index is 248. The van der Waals surface area contributed by atoms with Crippen molar-refractivity contribution in [3.63, 3.8) is 0 Å². The fraction of sp³-hybridized carbons (Fsp3) is 0.778. The van der Waals surface area contributed by atoms with Crippen molar-refractivity contribution in [1.29, 1.82) is 0 Å². The second-order valence-electron chi connectivity index (χ2n) is 3.28. The van der Waals surface area contributed by atoms with Crippen LogP contribution in [0.1, 0.15) is 12.8 Å². The van der Waals surface area contributed by atoms with E-state index in [1.807, 2.05) is 0 Å². The molecule has 0 aliphatic carbocycles. The first kappa shape index (κ1) is 12.3. The van der Waals surface area contributed by atoms with E-state index in [4.69, 9.17) is 5.73 Å². The van der Waals surface area contributed by atoms with Crippen molar-refractivity contribution in [2.24, 2.45) is 5.73 Å². The zero-order valence-electron chi connectivity index (χ0n) is 8.77. The quantitative estimate of drug-likeness (QED) is 0.715. The number of nitrogens with two attached hydrogens (primary N) is 1. The number of thioether (sulfide) groups is 1. The molecule has 0 radical (unpaired) electrons. The zero-order valence-corrected chi connectivity index (χ0v) is 9.59. The number of likely N-dealkylation sites (tertiary alicyclic amines) is 1. The zero-order chi connectivity index (χ0) is 11.3. The van der Waals surface area contributed by atoms with E-state index < -0.39 is 6.04 Å². The van der Waals surface area contributed by atoms with Gasteiger partial charge in [-0.05, 0) is 12.8 Å². The van der Waals surface area contributed by atoms with E-state index in [0.29, 0.717) is 25.3 Å². The van der Waals surface area contributed by atoms with Crippen LogP contribution in [0, 0.1) is 0 Å². The minimum absolute atomic E-state index is 0.0756. The van der Waals surface area contributed by atoms with Crippen LogP contribution in [0.2, 0.25) is 0 Å². The fourth-order valence-corrected chi connectivity index (χ4v) is 2.27. The lowest BCUT2D eigenvalue weighted by atomic mass is 10.2. The number of methoxy groups -OCH3 is 1. The average Bonchev–Trinajstić information content (AvgIpc) is 2.73. The summed E-state index contributed by atoms with van der Waals surface area (Å²) in [7, 11) is 1.34. The molecule has 0 spiro atoms. The summed E-state index contributed by atoms with van der Waals surface area (Å²) < 4.78 is 4.65. The van der Waals surface area contributed by atoms with Crippen LogP contribution in [0.4, 0.5) is 4.79 Å². The molecule has 0 unspecified atom stereocenters. The molecule has 6 heteroatoms. The van der Waals surface area contributed by atoms with Crippen LogP contribution in [-0.2, 0) is 9.53 Å². The minimum atomic E-state index is -0.396. The summed E-state index contributed by atoms with van der Waals surface area (Å²) in [6.07, 6.45) is 1.55. The second kappa shape index (κ2) is 5.97. The monoisotopic (exact) mass is 232 g/mol. The largest absolute Gasteiger partial charge is 0.467 e. The van der Waals surface area contributed by atoms with Crippen LogP contribution in [-0.4, -0.2) is 48.1 Å². The summed E-state index contributed by atoms with van der Waals surface area (Å²) in [6, 6.07) is -0.396. The predicted octanol–water partition coefficient (Wildman–Crippen LogP) is 0.436. The van der Waals surface area contributed by atoms with Crippen LogP contribution in [0.5, 0.6) is 0 Å². The lowest BCUT2D eigenvalue weighted by Crippen LogP contribution is -2.39. The minimum Gasteiger partial charge on any atom is -0.467 e. The molecule has 0 saturated carbocycles. The van der Waals surface area contributed by atoms with Crippen molar-refractivity contribution < 1.29 is 14.3 Å². The standard InChI is InChI=1S/C9H16N2O3S/c1-14-8(12)7-3-2-5-11(7)9(13)15-6-4-10/h7H,2-6,10H2,1H3/t7-/m1/s1. The molecule has 1 amide bonds. The average molecular weight is 232 g/mol. The Labute approximate surface area is 93.3 Å². The van der Waals surface area contributed by atoms with Crippen molar-refractivity contribution >= 4 is 23.0 Å². The molecule has 1 aliphatic heterocycles. The van der Waals surface area contributed by atoms with Gasteiger partial charge in [-0.3, -0.25) is 4.79 Å². The molecule has 0 aromatic heterocycles. The Kier molecular flexibility index (Phi) is 4.90. The van der Waals surface area contributed by atoms with Gasteiger partial charge in [0.2, 0.25) is 0 Å². The maximum absolute atomic E-state index is 11.7. The topological polar surface area (TPSA) is 72.6 Å². The van der Waals surface area contributed by atoms with Crippen LogP contribution in [0.15, 0.2) is 0 Å². The van der Waals surface area contributed by atoms with Gasteiger partial charge in [-0.25, -0.2) is 4.79 Å². The predicted molar refractivity (Wildman–Crippen MR) is 58.7 cm³/mol. The summed E-state index contributed by atoms with van der Waals surface area (Å²) in [6.45, 7) is 1.10. The molecule has 1 atom stereocenters. The van der Waals surface area contributed by atoms with E-state index in [2.05, 4.69) is 4.74 Å². The Morgan fingerprint density at radius 2 is 2.33 bits per heavy atom. The Morgan fingerprint density at radius 1 is 1.60 bits per heavy atom. The molecule has 5 nitrogen and oxygen atoms in total. The number of esters is 1. The first-order chi connectivity index (χ1) is 7.20. The first-order valence-corrected chi connectivity index (χ1v) is 5.90. The molecule has 1 aliphatic rings. The van der Waals surface area contributed by atoms with Crippen LogP contribution < -0.4 is 5.73 Å². The molecule has 1 rings (SSSR count). The van der Waals surface area contributed by atoms with Crippen molar-refractivity contribution in [1.82, 2.24) is 4.90 Å². The SMILES string of the molecule is COC(=O)[C@H]1CCCN1C(=O)SCCN. The van der Waals surface area contributed by atoms with Gasteiger partial charge < -0.3 is 15.4 Å².